The van der Waals surface area contributed by atoms with E-state index in [-0.39, 0.29) is 11.8 Å². The number of nitrogens with one attached hydrogen (secondary N) is 3. The van der Waals surface area contributed by atoms with Gasteiger partial charge in [-0.2, -0.15) is 0 Å². The van der Waals surface area contributed by atoms with Crippen LogP contribution in [0.1, 0.15) is 22.8 Å². The summed E-state index contributed by atoms with van der Waals surface area (Å²) in [5.74, 6) is -8.68. The van der Waals surface area contributed by atoms with Crippen LogP contribution in [0.3, 0.4) is 0 Å². The third-order valence-corrected chi connectivity index (χ3v) is 6.79. The second-order valence-corrected chi connectivity index (χ2v) is 10.1. The quantitative estimate of drug-likeness (QED) is 0.0932. The predicted octanol–water partition coefficient (Wildman–Crippen LogP) is 6.17. The molecule has 214 valence electrons. The molecule has 1 unspecified atom stereocenters. The maximum Gasteiger partial charge on any atom is 0.272 e. The van der Waals surface area contributed by atoms with E-state index in [9.17, 15) is 31.9 Å². The fourth-order valence-corrected chi connectivity index (χ4v) is 4.42. The van der Waals surface area contributed by atoms with Gasteiger partial charge in [-0.1, -0.05) is 24.3 Å². The lowest BCUT2D eigenvalue weighted by molar-refractivity contribution is -0.115. The zero-order valence-electron chi connectivity index (χ0n) is 21.8. The Hall–Kier alpha value is -4.97. The molecule has 42 heavy (non-hydrogen) atoms. The number of halogens is 4. The molecule has 1 heterocycles. The number of hydrogen-bond acceptors (Lipinski definition) is 5. The molecule has 4 aromatic rings. The maximum absolute atomic E-state index is 13.9. The lowest BCUT2D eigenvalue weighted by atomic mass is 10.2. The summed E-state index contributed by atoms with van der Waals surface area (Å²) in [6.45, 7) is 1.44. The number of aromatic nitrogens is 1. The summed E-state index contributed by atoms with van der Waals surface area (Å²) < 4.78 is 54.7. The van der Waals surface area contributed by atoms with Crippen LogP contribution in [-0.4, -0.2) is 28.0 Å². The van der Waals surface area contributed by atoms with Crippen molar-refractivity contribution in [3.63, 3.8) is 0 Å². The smallest absolute Gasteiger partial charge is 0.272 e. The fourth-order valence-electron chi connectivity index (χ4n) is 3.55. The Morgan fingerprint density at radius 3 is 2.14 bits per heavy atom. The van der Waals surface area contributed by atoms with Crippen molar-refractivity contribution in [1.82, 2.24) is 10.3 Å². The minimum absolute atomic E-state index is 0.0335. The lowest BCUT2D eigenvalue weighted by Gasteiger charge is -2.14. The molecule has 0 fully saturated rings. The number of carbonyl (C=O) groups is 3. The van der Waals surface area contributed by atoms with Crippen molar-refractivity contribution < 1.29 is 31.9 Å². The number of amides is 3. The first-order valence-corrected chi connectivity index (χ1v) is 13.2. The summed E-state index contributed by atoms with van der Waals surface area (Å²) in [6.07, 6.45) is 4.57. The molecule has 0 aliphatic heterocycles. The van der Waals surface area contributed by atoms with E-state index in [4.69, 9.17) is 0 Å². The van der Waals surface area contributed by atoms with E-state index in [0.717, 1.165) is 11.8 Å². The van der Waals surface area contributed by atoms with Crippen molar-refractivity contribution in [2.75, 3.05) is 10.6 Å². The van der Waals surface area contributed by atoms with Gasteiger partial charge in [0.2, 0.25) is 5.91 Å². The number of anilines is 2. The van der Waals surface area contributed by atoms with Gasteiger partial charge >= 0.3 is 0 Å². The van der Waals surface area contributed by atoms with Crippen LogP contribution >= 0.6 is 11.8 Å². The highest BCUT2D eigenvalue weighted by atomic mass is 32.2. The Bertz CT molecular complexity index is 1610. The Kier molecular flexibility index (Phi) is 9.71. The summed E-state index contributed by atoms with van der Waals surface area (Å²) in [4.78, 5) is 42.9. The maximum atomic E-state index is 13.9. The summed E-state index contributed by atoms with van der Waals surface area (Å²) in [7, 11) is 0. The number of pyridine rings is 1. The molecule has 0 spiro atoms. The van der Waals surface area contributed by atoms with E-state index >= 15 is 0 Å². The number of carbonyl (C=O) groups excluding carboxylic acids is 3. The largest absolute Gasteiger partial charge is 0.321 e. The number of benzene rings is 3. The summed E-state index contributed by atoms with van der Waals surface area (Å²) >= 11 is 1.00. The van der Waals surface area contributed by atoms with Gasteiger partial charge in [0.25, 0.3) is 11.8 Å². The van der Waals surface area contributed by atoms with Crippen LogP contribution < -0.4 is 16.0 Å². The molecule has 7 nitrogen and oxygen atoms in total. The van der Waals surface area contributed by atoms with Crippen LogP contribution in [0, 0.1) is 23.3 Å². The zero-order valence-corrected chi connectivity index (χ0v) is 22.6. The summed E-state index contributed by atoms with van der Waals surface area (Å²) in [5, 5.41) is 6.28. The average molecular weight is 595 g/mol. The van der Waals surface area contributed by atoms with Gasteiger partial charge in [0.1, 0.15) is 11.4 Å². The van der Waals surface area contributed by atoms with Crippen molar-refractivity contribution in [3.05, 3.63) is 125 Å². The second-order valence-electron chi connectivity index (χ2n) is 8.74. The van der Waals surface area contributed by atoms with Gasteiger partial charge in [-0.3, -0.25) is 19.4 Å². The summed E-state index contributed by atoms with van der Waals surface area (Å²) in [5.41, 5.74) is 0.0592. The molecule has 3 amide bonds. The van der Waals surface area contributed by atoms with Gasteiger partial charge in [-0.25, -0.2) is 17.6 Å². The zero-order chi connectivity index (χ0) is 30.2. The number of rotatable bonds is 9. The van der Waals surface area contributed by atoms with Crippen LogP contribution in [0.4, 0.5) is 28.9 Å². The third-order valence-electron chi connectivity index (χ3n) is 5.68. The number of thioether (sulfide) groups is 1. The van der Waals surface area contributed by atoms with Crippen molar-refractivity contribution in [1.29, 1.82) is 0 Å². The van der Waals surface area contributed by atoms with E-state index in [1.54, 1.807) is 72.9 Å². The molecule has 0 radical (unpaired) electrons. The lowest BCUT2D eigenvalue weighted by Crippen LogP contribution is -2.30. The predicted molar refractivity (Wildman–Crippen MR) is 151 cm³/mol. The Balaban J connectivity index is 1.43. The van der Waals surface area contributed by atoms with Crippen LogP contribution in [0.2, 0.25) is 0 Å². The molecule has 0 aliphatic rings. The molecule has 0 saturated heterocycles. The highest BCUT2D eigenvalue weighted by molar-refractivity contribution is 8.00. The van der Waals surface area contributed by atoms with Gasteiger partial charge < -0.3 is 16.0 Å². The minimum Gasteiger partial charge on any atom is -0.321 e. The number of nitrogens with zero attached hydrogens (tertiary/aromatic N) is 1. The molecular formula is C30H22F4N4O3S. The molecule has 3 N–H and O–H groups in total. The molecule has 0 bridgehead atoms. The van der Waals surface area contributed by atoms with E-state index in [2.05, 4.69) is 15.6 Å². The molecule has 1 atom stereocenters. The Labute approximate surface area is 242 Å². The van der Waals surface area contributed by atoms with Crippen molar-refractivity contribution in [2.45, 2.75) is 17.1 Å². The highest BCUT2D eigenvalue weighted by Gasteiger charge is 2.23. The van der Waals surface area contributed by atoms with E-state index in [1.807, 2.05) is 5.32 Å². The van der Waals surface area contributed by atoms with Crippen LogP contribution in [-0.2, 0) is 9.59 Å². The van der Waals surface area contributed by atoms with Gasteiger partial charge in [0.15, 0.2) is 23.3 Å². The van der Waals surface area contributed by atoms with E-state index in [0.29, 0.717) is 21.7 Å². The molecular weight excluding hydrogens is 572 g/mol. The van der Waals surface area contributed by atoms with Gasteiger partial charge in [-0.05, 0) is 61.0 Å². The normalized spacial score (nSPS) is 11.9. The second kappa shape index (κ2) is 13.6. The SMILES string of the molecule is CC(Sc1ccc(NC(=O)/C(=C/c2cccnc2)NC(=O)c2ccccc2)cc1)C(=O)Nc1c(F)c(F)cc(F)c1F. The minimum atomic E-state index is -1.71. The highest BCUT2D eigenvalue weighted by Crippen LogP contribution is 2.28. The molecule has 1 aromatic heterocycles. The van der Waals surface area contributed by atoms with E-state index in [1.165, 1.54) is 19.2 Å². The molecule has 0 aliphatic carbocycles. The Morgan fingerprint density at radius 2 is 1.52 bits per heavy atom. The molecule has 3 aromatic carbocycles. The molecule has 4 rings (SSSR count). The van der Waals surface area contributed by atoms with Crippen LogP contribution in [0.25, 0.3) is 6.08 Å². The average Bonchev–Trinajstić information content (AvgIpc) is 2.99. The molecule has 0 saturated carbocycles. The van der Waals surface area contributed by atoms with Crippen LogP contribution in [0.15, 0.2) is 95.8 Å². The first kappa shape index (κ1) is 30.0. The fraction of sp³-hybridized carbons (Fsp3) is 0.0667. The van der Waals surface area contributed by atoms with Crippen LogP contribution in [0.5, 0.6) is 0 Å². The third kappa shape index (κ3) is 7.61. The first-order valence-electron chi connectivity index (χ1n) is 12.3. The van der Waals surface area contributed by atoms with Gasteiger partial charge in [0.05, 0.1) is 5.25 Å². The van der Waals surface area contributed by atoms with Gasteiger partial charge in [-0.15, -0.1) is 11.8 Å². The summed E-state index contributed by atoms with van der Waals surface area (Å²) in [6, 6.07) is 18.1. The van der Waals surface area contributed by atoms with Gasteiger partial charge in [0, 0.05) is 34.6 Å². The number of hydrogen-bond donors (Lipinski definition) is 3. The topological polar surface area (TPSA) is 100 Å². The Morgan fingerprint density at radius 1 is 0.857 bits per heavy atom. The van der Waals surface area contributed by atoms with E-state index < -0.39 is 51.9 Å². The first-order chi connectivity index (χ1) is 20.1. The molecule has 12 heteroatoms. The van der Waals surface area contributed by atoms with Crippen molar-refractivity contribution in [2.24, 2.45) is 0 Å². The van der Waals surface area contributed by atoms with Crippen molar-refractivity contribution >= 4 is 46.9 Å². The van der Waals surface area contributed by atoms with Crippen molar-refractivity contribution in [3.8, 4) is 0 Å². The monoisotopic (exact) mass is 594 g/mol. The standard InChI is InChI=1S/C30H22F4N4O3S/c1-17(28(39)38-27-25(33)22(31)15-23(32)26(27)34)42-21-11-9-20(10-12-21)36-30(41)24(14-18-6-5-13-35-16-18)37-29(40)19-7-3-2-4-8-19/h2-17H,1H3,(H,36,41)(H,37,40)(H,38,39)/b24-14-.